The molecule has 0 aliphatic rings. The van der Waals surface area contributed by atoms with Gasteiger partial charge in [0.2, 0.25) is 0 Å². The van der Waals surface area contributed by atoms with E-state index in [-0.39, 0.29) is 6.04 Å². The molecule has 0 aliphatic heterocycles. The number of carbonyl (C=O) groups is 1. The van der Waals surface area contributed by atoms with Gasteiger partial charge in [-0.25, -0.2) is 0 Å². The van der Waals surface area contributed by atoms with Crippen molar-refractivity contribution < 1.29 is 9.53 Å². The third-order valence-corrected chi connectivity index (χ3v) is 2.89. The van der Waals surface area contributed by atoms with Crippen LogP contribution in [0.25, 0.3) is 0 Å². The number of allylic oxidation sites excluding steroid dienone is 4. The number of nitrogens with zero attached hydrogens (tertiary/aromatic N) is 1. The van der Waals surface area contributed by atoms with Gasteiger partial charge in [-0.1, -0.05) is 37.8 Å². The zero-order valence-corrected chi connectivity index (χ0v) is 11.9. The maximum Gasteiger partial charge on any atom is 0.293 e. The Balaban J connectivity index is 4.24. The van der Waals surface area contributed by atoms with Gasteiger partial charge in [0, 0.05) is 6.04 Å². The van der Waals surface area contributed by atoms with Crippen molar-refractivity contribution in [3.05, 3.63) is 36.5 Å². The molecule has 18 heavy (non-hydrogen) atoms. The molecule has 0 bridgehead atoms. The summed E-state index contributed by atoms with van der Waals surface area (Å²) in [4.78, 5) is 12.3. The molecule has 0 radical (unpaired) electrons. The Bertz CT molecular complexity index is 306. The predicted octanol–water partition coefficient (Wildman–Crippen LogP) is 2.80. The molecule has 0 aromatic rings. The number of hydrogen-bond acceptors (Lipinski definition) is 3. The lowest BCUT2D eigenvalue weighted by molar-refractivity contribution is -0.130. The van der Waals surface area contributed by atoms with Crippen LogP contribution in [0.3, 0.4) is 0 Å². The van der Waals surface area contributed by atoms with Crippen LogP contribution in [0.1, 0.15) is 20.3 Å². The van der Waals surface area contributed by atoms with Crippen molar-refractivity contribution in [3.63, 3.8) is 0 Å². The number of likely N-dealkylation sites (N-methyl/N-ethyl adjacent to an activating group) is 1. The minimum absolute atomic E-state index is 0.216. The highest BCUT2D eigenvalue weighted by Crippen LogP contribution is 2.12. The van der Waals surface area contributed by atoms with Gasteiger partial charge in [-0.05, 0) is 38.9 Å². The van der Waals surface area contributed by atoms with E-state index in [4.69, 9.17) is 4.74 Å². The van der Waals surface area contributed by atoms with E-state index in [9.17, 15) is 4.79 Å². The van der Waals surface area contributed by atoms with Crippen molar-refractivity contribution in [1.29, 1.82) is 0 Å². The van der Waals surface area contributed by atoms with Crippen LogP contribution in [0, 0.1) is 5.92 Å². The number of ether oxygens (including phenoxy) is 1. The third-order valence-electron chi connectivity index (χ3n) is 2.89. The van der Waals surface area contributed by atoms with Crippen LogP contribution in [0.2, 0.25) is 0 Å². The molecule has 0 saturated carbocycles. The molecule has 0 N–H and O–H groups in total. The first kappa shape index (κ1) is 16.6. The predicted molar refractivity (Wildman–Crippen MR) is 76.4 cm³/mol. The van der Waals surface area contributed by atoms with E-state index in [0.717, 1.165) is 12.0 Å². The lowest BCUT2D eigenvalue weighted by Gasteiger charge is -2.21. The Kier molecular flexibility index (Phi) is 8.93. The van der Waals surface area contributed by atoms with E-state index in [1.807, 2.05) is 33.2 Å². The molecule has 0 fully saturated rings. The monoisotopic (exact) mass is 251 g/mol. The Hall–Kier alpha value is -1.35. The molecule has 0 amide bonds. The summed E-state index contributed by atoms with van der Waals surface area (Å²) in [5, 5.41) is 0. The molecule has 0 aliphatic carbocycles. The van der Waals surface area contributed by atoms with Crippen LogP contribution < -0.4 is 0 Å². The van der Waals surface area contributed by atoms with Gasteiger partial charge in [0.25, 0.3) is 6.47 Å². The third kappa shape index (κ3) is 7.07. The molecular formula is C15H25NO2. The second-order valence-electron chi connectivity index (χ2n) is 4.57. The quantitative estimate of drug-likeness (QED) is 0.358. The zero-order valence-electron chi connectivity index (χ0n) is 11.9. The van der Waals surface area contributed by atoms with Gasteiger partial charge in [0.15, 0.2) is 0 Å². The summed E-state index contributed by atoms with van der Waals surface area (Å²) in [6, 6.07) is 0.216. The van der Waals surface area contributed by atoms with Gasteiger partial charge in [-0.2, -0.15) is 0 Å². The summed E-state index contributed by atoms with van der Waals surface area (Å²) in [5.41, 5.74) is 1.10. The van der Waals surface area contributed by atoms with Crippen molar-refractivity contribution in [2.75, 3.05) is 20.7 Å². The van der Waals surface area contributed by atoms with Crippen LogP contribution >= 0.6 is 0 Å². The first-order valence-electron chi connectivity index (χ1n) is 6.22. The van der Waals surface area contributed by atoms with Gasteiger partial charge in [-0.15, -0.1) is 0 Å². The maximum absolute atomic E-state index is 10.2. The summed E-state index contributed by atoms with van der Waals surface area (Å²) < 4.78 is 4.82. The maximum atomic E-state index is 10.2. The Morgan fingerprint density at radius 2 is 2.11 bits per heavy atom. The van der Waals surface area contributed by atoms with E-state index in [0.29, 0.717) is 19.0 Å². The van der Waals surface area contributed by atoms with Gasteiger partial charge in [0.05, 0.1) is 0 Å². The molecule has 0 rings (SSSR count). The van der Waals surface area contributed by atoms with Crippen molar-refractivity contribution in [2.24, 2.45) is 5.92 Å². The summed E-state index contributed by atoms with van der Waals surface area (Å²) in [6.45, 7) is 9.03. The molecule has 0 saturated heterocycles. The topological polar surface area (TPSA) is 29.5 Å². The molecular weight excluding hydrogens is 226 g/mol. The van der Waals surface area contributed by atoms with Crippen LogP contribution in [0.15, 0.2) is 36.5 Å². The van der Waals surface area contributed by atoms with Gasteiger partial charge in [0.1, 0.15) is 6.61 Å². The highest BCUT2D eigenvalue weighted by molar-refractivity contribution is 5.36. The Labute approximate surface area is 111 Å². The fourth-order valence-corrected chi connectivity index (χ4v) is 1.51. The minimum Gasteiger partial charge on any atom is -0.466 e. The molecule has 0 heterocycles. The van der Waals surface area contributed by atoms with Crippen LogP contribution in [-0.2, 0) is 9.53 Å². The second kappa shape index (κ2) is 9.66. The molecule has 0 aromatic heterocycles. The van der Waals surface area contributed by atoms with Gasteiger partial charge < -0.3 is 9.64 Å². The summed E-state index contributed by atoms with van der Waals surface area (Å²) in [7, 11) is 3.96. The smallest absolute Gasteiger partial charge is 0.293 e. The van der Waals surface area contributed by atoms with Gasteiger partial charge in [-0.3, -0.25) is 4.79 Å². The van der Waals surface area contributed by atoms with Crippen LogP contribution in [0.5, 0.6) is 0 Å². The summed E-state index contributed by atoms with van der Waals surface area (Å²) in [6.07, 6.45) is 9.13. The Morgan fingerprint density at radius 3 is 2.61 bits per heavy atom. The lowest BCUT2D eigenvalue weighted by atomic mass is 10.0. The lowest BCUT2D eigenvalue weighted by Crippen LogP contribution is -2.31. The molecule has 1 unspecified atom stereocenters. The van der Waals surface area contributed by atoms with Crippen molar-refractivity contribution in [2.45, 2.75) is 26.3 Å². The average Bonchev–Trinajstić information content (AvgIpc) is 2.33. The van der Waals surface area contributed by atoms with E-state index in [1.165, 1.54) is 0 Å². The fraction of sp³-hybridized carbons (Fsp3) is 0.533. The summed E-state index contributed by atoms with van der Waals surface area (Å²) >= 11 is 0. The minimum atomic E-state index is 0.216. The van der Waals surface area contributed by atoms with E-state index >= 15 is 0 Å². The average molecular weight is 251 g/mol. The zero-order chi connectivity index (χ0) is 14.0. The second-order valence-corrected chi connectivity index (χ2v) is 4.57. The molecule has 0 spiro atoms. The number of carbonyl (C=O) groups excluding carboxylic acids is 1. The normalized spacial score (nSPS) is 15.2. The number of hydrogen-bond donors (Lipinski definition) is 0. The van der Waals surface area contributed by atoms with Crippen LogP contribution in [-0.4, -0.2) is 38.1 Å². The highest BCUT2D eigenvalue weighted by atomic mass is 16.5. The van der Waals surface area contributed by atoms with Crippen LogP contribution in [0.4, 0.5) is 0 Å². The number of rotatable bonds is 9. The standard InChI is InChI=1S/C15H25NO2/c1-6-8-13(2)14(3)9-7-10-15(16(4)5)11-18-12-17/h6-9,12,14-15H,2,10-11H2,1,3-5H3/b8-6-,9-7-/t14?,15-/m0/s1. The summed E-state index contributed by atoms with van der Waals surface area (Å²) in [5.74, 6) is 0.330. The Morgan fingerprint density at radius 1 is 1.44 bits per heavy atom. The first-order valence-corrected chi connectivity index (χ1v) is 6.22. The molecule has 102 valence electrons. The first-order chi connectivity index (χ1) is 8.52. The van der Waals surface area contributed by atoms with E-state index in [1.54, 1.807) is 0 Å². The van der Waals surface area contributed by atoms with Crippen molar-refractivity contribution in [3.8, 4) is 0 Å². The van der Waals surface area contributed by atoms with Crippen molar-refractivity contribution >= 4 is 6.47 Å². The van der Waals surface area contributed by atoms with Gasteiger partial charge >= 0.3 is 0 Å². The molecule has 2 atom stereocenters. The fourth-order valence-electron chi connectivity index (χ4n) is 1.51. The van der Waals surface area contributed by atoms with E-state index in [2.05, 4.69) is 30.6 Å². The van der Waals surface area contributed by atoms with E-state index < -0.39 is 0 Å². The molecule has 3 heteroatoms. The highest BCUT2D eigenvalue weighted by Gasteiger charge is 2.10. The molecule has 3 nitrogen and oxygen atoms in total. The molecule has 0 aromatic carbocycles. The largest absolute Gasteiger partial charge is 0.466 e. The van der Waals surface area contributed by atoms with Crippen molar-refractivity contribution in [1.82, 2.24) is 4.90 Å². The SMILES string of the molecule is C=C(/C=C\C)C(C)/C=C\C[C@@H](COC=O)N(C)C.